The molecular formula is C23H20BrF3N2O2. The van der Waals surface area contributed by atoms with E-state index in [1.807, 2.05) is 0 Å². The average Bonchev–Trinajstić information content (AvgIpc) is 3.54. The summed E-state index contributed by atoms with van der Waals surface area (Å²) in [5, 5.41) is 2.41. The highest BCUT2D eigenvalue weighted by molar-refractivity contribution is 9.10. The Labute approximate surface area is 186 Å². The molecule has 1 atom stereocenters. The normalized spacial score (nSPS) is 20.5. The van der Waals surface area contributed by atoms with E-state index in [0.29, 0.717) is 12.7 Å². The van der Waals surface area contributed by atoms with Gasteiger partial charge < -0.3 is 10.1 Å². The smallest absolute Gasteiger partial charge is 0.323 e. The van der Waals surface area contributed by atoms with Crippen LogP contribution in [-0.4, -0.2) is 19.1 Å². The van der Waals surface area contributed by atoms with Gasteiger partial charge in [-0.3, -0.25) is 4.90 Å². The molecule has 4 nitrogen and oxygen atoms in total. The second-order valence-electron chi connectivity index (χ2n) is 7.83. The zero-order chi connectivity index (χ0) is 22.4. The van der Waals surface area contributed by atoms with E-state index < -0.39 is 23.3 Å². The number of hydrogen-bond acceptors (Lipinski definition) is 2. The van der Waals surface area contributed by atoms with E-state index in [0.717, 1.165) is 24.5 Å². The third-order valence-corrected chi connectivity index (χ3v) is 6.08. The molecule has 8 heteroatoms. The first-order valence-electron chi connectivity index (χ1n) is 9.77. The number of alkyl halides is 2. The summed E-state index contributed by atoms with van der Waals surface area (Å²) in [5.74, 6) is 1.96. The van der Waals surface area contributed by atoms with Crippen LogP contribution in [0.25, 0.3) is 0 Å². The van der Waals surface area contributed by atoms with E-state index in [-0.39, 0.29) is 28.2 Å². The number of rotatable bonds is 4. The van der Waals surface area contributed by atoms with Gasteiger partial charge in [-0.05, 0) is 58.6 Å². The van der Waals surface area contributed by atoms with Crippen molar-refractivity contribution >= 4 is 27.6 Å². The van der Waals surface area contributed by atoms with E-state index in [4.69, 9.17) is 4.74 Å². The number of urea groups is 1. The van der Waals surface area contributed by atoms with Crippen molar-refractivity contribution < 1.29 is 22.7 Å². The van der Waals surface area contributed by atoms with E-state index in [2.05, 4.69) is 33.1 Å². The van der Waals surface area contributed by atoms with E-state index in [1.165, 1.54) is 11.0 Å². The second-order valence-corrected chi connectivity index (χ2v) is 8.68. The fourth-order valence-electron chi connectivity index (χ4n) is 3.53. The van der Waals surface area contributed by atoms with Crippen LogP contribution in [0, 0.1) is 23.6 Å². The Hall–Kier alpha value is -2.66. The van der Waals surface area contributed by atoms with Gasteiger partial charge in [0.1, 0.15) is 11.6 Å². The first kappa shape index (κ1) is 21.6. The van der Waals surface area contributed by atoms with Gasteiger partial charge in [-0.25, -0.2) is 18.0 Å². The highest BCUT2D eigenvalue weighted by atomic mass is 79.9. The second kappa shape index (κ2) is 7.79. The van der Waals surface area contributed by atoms with Crippen LogP contribution >= 0.6 is 15.9 Å². The standard InChI is InChI=1S/C23H20BrF3N2O2/c1-22(26,27)23(10-9-14-3-4-14)17-11-19(25)18(24)12-20(17)29(21(30)28-23)13-15-5-7-16(31-2)8-6-15/h5-8,11-12,14H,3-4,13H2,1-2H3,(H,28,30). The molecule has 2 aromatic carbocycles. The summed E-state index contributed by atoms with van der Waals surface area (Å²) in [7, 11) is 1.54. The lowest BCUT2D eigenvalue weighted by Crippen LogP contribution is -2.62. The van der Waals surface area contributed by atoms with Gasteiger partial charge in [-0.1, -0.05) is 24.0 Å². The van der Waals surface area contributed by atoms with Crippen molar-refractivity contribution in [3.63, 3.8) is 0 Å². The molecule has 0 radical (unpaired) electrons. The first-order chi connectivity index (χ1) is 14.6. The number of halogens is 4. The number of anilines is 1. The maximum Gasteiger partial charge on any atom is 0.323 e. The fraction of sp³-hybridized carbons (Fsp3) is 0.348. The molecule has 4 rings (SSSR count). The van der Waals surface area contributed by atoms with E-state index in [1.54, 1.807) is 31.4 Å². The highest BCUT2D eigenvalue weighted by Crippen LogP contribution is 2.46. The quantitative estimate of drug-likeness (QED) is 0.565. The van der Waals surface area contributed by atoms with Crippen LogP contribution in [0.1, 0.15) is 30.9 Å². The zero-order valence-corrected chi connectivity index (χ0v) is 18.5. The average molecular weight is 493 g/mol. The maximum absolute atomic E-state index is 15.0. The van der Waals surface area contributed by atoms with Gasteiger partial charge in [0.2, 0.25) is 0 Å². The summed E-state index contributed by atoms with van der Waals surface area (Å²) in [6, 6.07) is 8.68. The maximum atomic E-state index is 15.0. The Morgan fingerprint density at radius 1 is 1.29 bits per heavy atom. The summed E-state index contributed by atoms with van der Waals surface area (Å²) >= 11 is 3.11. The van der Waals surface area contributed by atoms with Gasteiger partial charge in [0, 0.05) is 18.4 Å². The third kappa shape index (κ3) is 3.99. The van der Waals surface area contributed by atoms with Gasteiger partial charge in [-0.2, -0.15) is 0 Å². The molecular weight excluding hydrogens is 473 g/mol. The van der Waals surface area contributed by atoms with Gasteiger partial charge >= 0.3 is 6.03 Å². The Morgan fingerprint density at radius 3 is 2.55 bits per heavy atom. The largest absolute Gasteiger partial charge is 0.497 e. The molecule has 1 unspecified atom stereocenters. The van der Waals surface area contributed by atoms with Crippen molar-refractivity contribution in [2.45, 2.75) is 37.8 Å². The van der Waals surface area contributed by atoms with Crippen molar-refractivity contribution in [1.82, 2.24) is 5.32 Å². The number of methoxy groups -OCH3 is 1. The van der Waals surface area contributed by atoms with Crippen LogP contribution in [0.2, 0.25) is 0 Å². The van der Waals surface area contributed by atoms with E-state index >= 15 is 0 Å². The molecule has 0 aromatic heterocycles. The van der Waals surface area contributed by atoms with Crippen molar-refractivity contribution in [1.29, 1.82) is 0 Å². The molecule has 162 valence electrons. The van der Waals surface area contributed by atoms with Crippen molar-refractivity contribution in [3.05, 3.63) is 57.8 Å². The lowest BCUT2D eigenvalue weighted by atomic mass is 9.81. The predicted molar refractivity (Wildman–Crippen MR) is 115 cm³/mol. The Morgan fingerprint density at radius 2 is 1.97 bits per heavy atom. The third-order valence-electron chi connectivity index (χ3n) is 5.47. The highest BCUT2D eigenvalue weighted by Gasteiger charge is 2.56. The summed E-state index contributed by atoms with van der Waals surface area (Å²) in [5.41, 5.74) is -1.46. The molecule has 1 saturated carbocycles. The molecule has 31 heavy (non-hydrogen) atoms. The number of hydrogen-bond donors (Lipinski definition) is 1. The minimum atomic E-state index is -3.45. The number of amides is 2. The van der Waals surface area contributed by atoms with Crippen LogP contribution in [0.5, 0.6) is 5.75 Å². The predicted octanol–water partition coefficient (Wildman–Crippen LogP) is 5.59. The summed E-state index contributed by atoms with van der Waals surface area (Å²) in [6.07, 6.45) is 1.66. The molecule has 0 saturated heterocycles. The topological polar surface area (TPSA) is 41.6 Å². The molecule has 0 bridgehead atoms. The Kier molecular flexibility index (Phi) is 5.42. The minimum absolute atomic E-state index is 0.0252. The van der Waals surface area contributed by atoms with Crippen molar-refractivity contribution in [3.8, 4) is 17.6 Å². The summed E-state index contributed by atoms with van der Waals surface area (Å²) < 4.78 is 49.7. The molecule has 1 N–H and O–H groups in total. The molecule has 2 amide bonds. The monoisotopic (exact) mass is 492 g/mol. The lowest BCUT2D eigenvalue weighted by Gasteiger charge is -2.43. The van der Waals surface area contributed by atoms with Gasteiger partial charge in [-0.15, -0.1) is 0 Å². The number of carbonyl (C=O) groups excluding carboxylic acids is 1. The SMILES string of the molecule is COc1ccc(CN2C(=O)NC(C#CC3CC3)(C(C)(F)F)c3cc(F)c(Br)cc32)cc1. The van der Waals surface area contributed by atoms with Gasteiger partial charge in [0.25, 0.3) is 5.92 Å². The summed E-state index contributed by atoms with van der Waals surface area (Å²) in [6.45, 7) is 0.792. The summed E-state index contributed by atoms with van der Waals surface area (Å²) in [4.78, 5) is 14.4. The van der Waals surface area contributed by atoms with Gasteiger partial charge in [0.15, 0.2) is 5.54 Å². The number of nitrogens with one attached hydrogen (secondary N) is 1. The molecule has 2 aromatic rings. The number of ether oxygens (including phenoxy) is 1. The van der Waals surface area contributed by atoms with Crippen LogP contribution < -0.4 is 15.0 Å². The van der Waals surface area contributed by atoms with Crippen LogP contribution in [0.15, 0.2) is 40.9 Å². The van der Waals surface area contributed by atoms with Crippen LogP contribution in [0.4, 0.5) is 23.7 Å². The first-order valence-corrected chi connectivity index (χ1v) is 10.6. The lowest BCUT2D eigenvalue weighted by molar-refractivity contribution is -0.0472. The molecule has 1 fully saturated rings. The Bertz CT molecular complexity index is 1080. The number of fused-ring (bicyclic) bond motifs is 1. The minimum Gasteiger partial charge on any atom is -0.497 e. The Balaban J connectivity index is 1.84. The molecule has 0 spiro atoms. The number of carbonyl (C=O) groups is 1. The molecule has 1 aliphatic heterocycles. The van der Waals surface area contributed by atoms with Crippen LogP contribution in [0.3, 0.4) is 0 Å². The number of benzene rings is 2. The number of nitrogens with zero attached hydrogens (tertiary/aromatic N) is 1. The van der Waals surface area contributed by atoms with E-state index in [9.17, 15) is 18.0 Å². The molecule has 1 heterocycles. The molecule has 1 aliphatic carbocycles. The van der Waals surface area contributed by atoms with Crippen LogP contribution in [-0.2, 0) is 12.1 Å². The van der Waals surface area contributed by atoms with Crippen molar-refractivity contribution in [2.24, 2.45) is 5.92 Å². The zero-order valence-electron chi connectivity index (χ0n) is 16.9. The molecule has 2 aliphatic rings. The van der Waals surface area contributed by atoms with Crippen molar-refractivity contribution in [2.75, 3.05) is 12.0 Å². The van der Waals surface area contributed by atoms with Gasteiger partial charge in [0.05, 0.1) is 23.8 Å². The fourth-order valence-corrected chi connectivity index (χ4v) is 3.86.